The van der Waals surface area contributed by atoms with Crippen molar-refractivity contribution >= 4 is 15.7 Å². The predicted molar refractivity (Wildman–Crippen MR) is 84.8 cm³/mol. The Morgan fingerprint density at radius 1 is 1.48 bits per heavy atom. The van der Waals surface area contributed by atoms with Crippen LogP contribution in [-0.2, 0) is 21.1 Å². The van der Waals surface area contributed by atoms with Gasteiger partial charge in [0.25, 0.3) is 0 Å². The standard InChI is InChI=1S/C14H24N4O4S/c1-10(2)14-16-12(17-22-14)4-6-15-13(19)8-18(3)11-5-7-23(20,21)9-11/h10-11H,4-9H2,1-3H3,(H,15,19). The number of carbonyl (C=O) groups is 1. The van der Waals surface area contributed by atoms with Crippen LogP contribution in [0.25, 0.3) is 0 Å². The van der Waals surface area contributed by atoms with Crippen molar-refractivity contribution in [2.24, 2.45) is 0 Å². The Labute approximate surface area is 136 Å². The second-order valence-electron chi connectivity index (χ2n) is 6.28. The van der Waals surface area contributed by atoms with Crippen molar-refractivity contribution in [2.45, 2.75) is 38.6 Å². The lowest BCUT2D eigenvalue weighted by atomic mass is 10.2. The van der Waals surface area contributed by atoms with E-state index in [1.165, 1.54) is 0 Å². The molecule has 1 aromatic heterocycles. The summed E-state index contributed by atoms with van der Waals surface area (Å²) in [6.07, 6.45) is 1.09. The van der Waals surface area contributed by atoms with E-state index in [0.717, 1.165) is 0 Å². The summed E-state index contributed by atoms with van der Waals surface area (Å²) in [5.74, 6) is 1.56. The minimum atomic E-state index is -2.93. The Hall–Kier alpha value is -1.48. The van der Waals surface area contributed by atoms with Gasteiger partial charge in [-0.15, -0.1) is 0 Å². The van der Waals surface area contributed by atoms with E-state index in [9.17, 15) is 13.2 Å². The van der Waals surface area contributed by atoms with E-state index in [1.807, 2.05) is 13.8 Å². The number of carbonyl (C=O) groups excluding carboxylic acids is 1. The molecule has 2 heterocycles. The molecule has 1 N–H and O–H groups in total. The van der Waals surface area contributed by atoms with Gasteiger partial charge in [-0.2, -0.15) is 4.98 Å². The molecule has 0 aliphatic carbocycles. The molecule has 1 fully saturated rings. The highest BCUT2D eigenvalue weighted by molar-refractivity contribution is 7.91. The first-order valence-electron chi connectivity index (χ1n) is 7.76. The van der Waals surface area contributed by atoms with E-state index in [0.29, 0.717) is 31.1 Å². The van der Waals surface area contributed by atoms with Gasteiger partial charge < -0.3 is 9.84 Å². The van der Waals surface area contributed by atoms with Gasteiger partial charge in [0.05, 0.1) is 18.1 Å². The molecule has 1 amide bonds. The van der Waals surface area contributed by atoms with E-state index in [2.05, 4.69) is 15.5 Å². The zero-order chi connectivity index (χ0) is 17.0. The van der Waals surface area contributed by atoms with E-state index < -0.39 is 9.84 Å². The molecule has 0 bridgehead atoms. The van der Waals surface area contributed by atoms with Crippen LogP contribution >= 0.6 is 0 Å². The summed E-state index contributed by atoms with van der Waals surface area (Å²) in [6, 6.07) is -0.0726. The van der Waals surface area contributed by atoms with Crippen molar-refractivity contribution in [3.05, 3.63) is 11.7 Å². The third-order valence-electron chi connectivity index (χ3n) is 3.87. The van der Waals surface area contributed by atoms with Gasteiger partial charge in [-0.3, -0.25) is 9.69 Å². The lowest BCUT2D eigenvalue weighted by molar-refractivity contribution is -0.122. The minimum absolute atomic E-state index is 0.0726. The molecular weight excluding hydrogens is 320 g/mol. The highest BCUT2D eigenvalue weighted by Gasteiger charge is 2.31. The van der Waals surface area contributed by atoms with Crippen molar-refractivity contribution in [3.8, 4) is 0 Å². The number of amides is 1. The zero-order valence-electron chi connectivity index (χ0n) is 13.8. The van der Waals surface area contributed by atoms with Gasteiger partial charge >= 0.3 is 0 Å². The van der Waals surface area contributed by atoms with E-state index in [1.54, 1.807) is 11.9 Å². The van der Waals surface area contributed by atoms with Crippen molar-refractivity contribution in [1.29, 1.82) is 0 Å². The fraction of sp³-hybridized carbons (Fsp3) is 0.786. The Balaban J connectivity index is 1.70. The van der Waals surface area contributed by atoms with Crippen molar-refractivity contribution in [2.75, 3.05) is 31.6 Å². The number of rotatable bonds is 7. The first-order valence-corrected chi connectivity index (χ1v) is 9.59. The molecule has 0 saturated carbocycles. The second-order valence-corrected chi connectivity index (χ2v) is 8.50. The van der Waals surface area contributed by atoms with Crippen molar-refractivity contribution in [3.63, 3.8) is 0 Å². The molecule has 8 nitrogen and oxygen atoms in total. The Kier molecular flexibility index (Phi) is 5.74. The molecule has 1 saturated heterocycles. The van der Waals surface area contributed by atoms with Gasteiger partial charge in [0, 0.05) is 24.9 Å². The van der Waals surface area contributed by atoms with E-state index in [4.69, 9.17) is 4.52 Å². The minimum Gasteiger partial charge on any atom is -0.355 e. The molecule has 0 aromatic carbocycles. The van der Waals surface area contributed by atoms with Crippen LogP contribution in [0.15, 0.2) is 4.52 Å². The number of nitrogens with zero attached hydrogens (tertiary/aromatic N) is 3. The van der Waals surface area contributed by atoms with Gasteiger partial charge in [0.15, 0.2) is 15.7 Å². The maximum Gasteiger partial charge on any atom is 0.234 e. The summed E-state index contributed by atoms with van der Waals surface area (Å²) in [6.45, 7) is 4.55. The fourth-order valence-electron chi connectivity index (χ4n) is 2.45. The van der Waals surface area contributed by atoms with Crippen LogP contribution in [0, 0.1) is 0 Å². The van der Waals surface area contributed by atoms with Gasteiger partial charge in [0.2, 0.25) is 11.8 Å². The quantitative estimate of drug-likeness (QED) is 0.740. The predicted octanol–water partition coefficient (Wildman–Crippen LogP) is -0.0294. The van der Waals surface area contributed by atoms with Gasteiger partial charge in [0.1, 0.15) is 0 Å². The summed E-state index contributed by atoms with van der Waals surface area (Å²) >= 11 is 0. The molecule has 1 aliphatic rings. The zero-order valence-corrected chi connectivity index (χ0v) is 14.6. The Bertz CT molecular complexity index is 641. The van der Waals surface area contributed by atoms with Gasteiger partial charge in [-0.05, 0) is 13.5 Å². The number of aromatic nitrogens is 2. The number of likely N-dealkylation sites (N-methyl/N-ethyl adjacent to an activating group) is 1. The molecule has 1 aliphatic heterocycles. The van der Waals surface area contributed by atoms with Gasteiger partial charge in [-0.1, -0.05) is 19.0 Å². The lowest BCUT2D eigenvalue weighted by Crippen LogP contribution is -2.41. The molecule has 2 rings (SSSR count). The van der Waals surface area contributed by atoms with Crippen LogP contribution in [0.1, 0.15) is 37.9 Å². The Morgan fingerprint density at radius 3 is 2.78 bits per heavy atom. The summed E-state index contributed by atoms with van der Waals surface area (Å²) in [4.78, 5) is 17.9. The molecule has 1 unspecified atom stereocenters. The van der Waals surface area contributed by atoms with Crippen molar-refractivity contribution in [1.82, 2.24) is 20.4 Å². The van der Waals surface area contributed by atoms with Gasteiger partial charge in [-0.25, -0.2) is 8.42 Å². The first-order chi connectivity index (χ1) is 10.8. The van der Waals surface area contributed by atoms with Crippen LogP contribution in [0.5, 0.6) is 0 Å². The molecule has 0 radical (unpaired) electrons. The smallest absolute Gasteiger partial charge is 0.234 e. The van der Waals surface area contributed by atoms with Crippen LogP contribution in [-0.4, -0.2) is 67.1 Å². The van der Waals surface area contributed by atoms with Crippen LogP contribution in [0.2, 0.25) is 0 Å². The number of hydrogen-bond acceptors (Lipinski definition) is 7. The largest absolute Gasteiger partial charge is 0.355 e. The molecule has 9 heteroatoms. The van der Waals surface area contributed by atoms with E-state index in [-0.39, 0.29) is 35.9 Å². The molecular formula is C14H24N4O4S. The maximum absolute atomic E-state index is 11.9. The Morgan fingerprint density at radius 2 is 2.22 bits per heavy atom. The molecule has 1 aromatic rings. The molecule has 130 valence electrons. The lowest BCUT2D eigenvalue weighted by Gasteiger charge is -2.22. The first kappa shape index (κ1) is 17.9. The van der Waals surface area contributed by atoms with Crippen LogP contribution in [0.4, 0.5) is 0 Å². The summed E-state index contributed by atoms with van der Waals surface area (Å²) in [5.41, 5.74) is 0. The topological polar surface area (TPSA) is 105 Å². The fourth-order valence-corrected chi connectivity index (χ4v) is 4.26. The summed E-state index contributed by atoms with van der Waals surface area (Å²) in [5, 5.41) is 6.65. The average molecular weight is 344 g/mol. The van der Waals surface area contributed by atoms with Crippen LogP contribution in [0.3, 0.4) is 0 Å². The molecule has 0 spiro atoms. The van der Waals surface area contributed by atoms with Crippen LogP contribution < -0.4 is 5.32 Å². The molecule has 1 atom stereocenters. The number of hydrogen-bond donors (Lipinski definition) is 1. The number of sulfone groups is 1. The monoisotopic (exact) mass is 344 g/mol. The maximum atomic E-state index is 11.9. The van der Waals surface area contributed by atoms with E-state index >= 15 is 0 Å². The third-order valence-corrected chi connectivity index (χ3v) is 5.62. The number of nitrogens with one attached hydrogen (secondary N) is 1. The normalized spacial score (nSPS) is 20.3. The average Bonchev–Trinajstić information content (AvgIpc) is 3.05. The SMILES string of the molecule is CC(C)c1nc(CCNC(=O)CN(C)C2CCS(=O)(=O)C2)no1. The summed E-state index contributed by atoms with van der Waals surface area (Å²) in [7, 11) is -1.16. The highest BCUT2D eigenvalue weighted by Crippen LogP contribution is 2.16. The molecule has 23 heavy (non-hydrogen) atoms. The highest BCUT2D eigenvalue weighted by atomic mass is 32.2. The van der Waals surface area contributed by atoms with Crippen molar-refractivity contribution < 1.29 is 17.7 Å². The summed E-state index contributed by atoms with van der Waals surface area (Å²) < 4.78 is 28.0. The second kappa shape index (κ2) is 7.39. The third kappa shape index (κ3) is 5.28.